The molecule has 7 nitrogen and oxygen atoms in total. The molecule has 0 bridgehead atoms. The molecule has 8 heteroatoms. The van der Waals surface area contributed by atoms with E-state index >= 15 is 0 Å². The second kappa shape index (κ2) is 8.64. The Hall–Kier alpha value is -2.55. The highest BCUT2D eigenvalue weighted by Crippen LogP contribution is 2.32. The lowest BCUT2D eigenvalue weighted by Crippen LogP contribution is -2.18. The van der Waals surface area contributed by atoms with Crippen LogP contribution in [0.5, 0.6) is 11.5 Å². The average molecular weight is 399 g/mol. The van der Waals surface area contributed by atoms with Gasteiger partial charge in [-0.1, -0.05) is 36.0 Å². The highest BCUT2D eigenvalue weighted by molar-refractivity contribution is 7.99. The summed E-state index contributed by atoms with van der Waals surface area (Å²) in [7, 11) is 0. The quantitative estimate of drug-likeness (QED) is 0.584. The predicted molar refractivity (Wildman–Crippen MR) is 105 cm³/mol. The summed E-state index contributed by atoms with van der Waals surface area (Å²) in [6.07, 6.45) is -0.611. The van der Waals surface area contributed by atoms with Crippen molar-refractivity contribution >= 4 is 11.8 Å². The van der Waals surface area contributed by atoms with Gasteiger partial charge in [-0.15, -0.1) is 10.2 Å². The fourth-order valence-corrected chi connectivity index (χ4v) is 3.78. The fourth-order valence-electron chi connectivity index (χ4n) is 2.87. The van der Waals surface area contributed by atoms with Crippen LogP contribution in [0.1, 0.15) is 11.4 Å². The van der Waals surface area contributed by atoms with Gasteiger partial charge in [-0.05, 0) is 36.8 Å². The first-order valence-electron chi connectivity index (χ1n) is 8.95. The van der Waals surface area contributed by atoms with Gasteiger partial charge in [0.05, 0.1) is 19.3 Å². The Kier molecular flexibility index (Phi) is 5.80. The van der Waals surface area contributed by atoms with E-state index in [2.05, 4.69) is 10.2 Å². The number of aryl methyl sites for hydroxylation is 1. The molecule has 0 radical (unpaired) electrons. The number of rotatable bonds is 8. The van der Waals surface area contributed by atoms with Gasteiger partial charge in [-0.3, -0.25) is 4.57 Å². The van der Waals surface area contributed by atoms with Crippen molar-refractivity contribution in [2.24, 2.45) is 0 Å². The van der Waals surface area contributed by atoms with Crippen LogP contribution >= 0.6 is 11.8 Å². The van der Waals surface area contributed by atoms with Crippen molar-refractivity contribution < 1.29 is 19.3 Å². The third kappa shape index (κ3) is 4.30. The molecule has 1 aliphatic heterocycles. The van der Waals surface area contributed by atoms with Gasteiger partial charge in [0.15, 0.2) is 16.7 Å². The molecule has 0 saturated carbocycles. The van der Waals surface area contributed by atoms with E-state index in [9.17, 15) is 5.11 Å². The molecule has 1 N–H and O–H groups in total. The largest absolute Gasteiger partial charge is 0.454 e. The second-order valence-corrected chi connectivity index (χ2v) is 7.36. The summed E-state index contributed by atoms with van der Waals surface area (Å²) in [5.41, 5.74) is 1.98. The molecular weight excluding hydrogens is 378 g/mol. The van der Waals surface area contributed by atoms with Crippen LogP contribution in [-0.2, 0) is 11.3 Å². The van der Waals surface area contributed by atoms with E-state index in [0.717, 1.165) is 33.7 Å². The van der Waals surface area contributed by atoms with E-state index < -0.39 is 6.10 Å². The number of aliphatic hydroxyl groups excluding tert-OH is 1. The van der Waals surface area contributed by atoms with Crippen LogP contribution in [0.15, 0.2) is 53.7 Å². The fraction of sp³-hybridized carbons (Fsp3) is 0.300. The van der Waals surface area contributed by atoms with Crippen molar-refractivity contribution in [1.29, 1.82) is 0 Å². The van der Waals surface area contributed by atoms with Crippen LogP contribution in [0.3, 0.4) is 0 Å². The maximum Gasteiger partial charge on any atom is 0.231 e. The van der Waals surface area contributed by atoms with Crippen LogP contribution < -0.4 is 9.47 Å². The minimum atomic E-state index is -0.611. The first-order valence-corrected chi connectivity index (χ1v) is 9.94. The Morgan fingerprint density at radius 1 is 1.14 bits per heavy atom. The monoisotopic (exact) mass is 399 g/mol. The molecule has 0 fully saturated rings. The molecule has 28 heavy (non-hydrogen) atoms. The molecule has 2 aromatic carbocycles. The molecule has 0 saturated heterocycles. The summed E-state index contributed by atoms with van der Waals surface area (Å²) in [6, 6.07) is 15.6. The van der Waals surface area contributed by atoms with Crippen LogP contribution in [0.2, 0.25) is 0 Å². The topological polar surface area (TPSA) is 78.6 Å². The molecule has 1 atom stereocenters. The maximum absolute atomic E-state index is 10.3. The minimum absolute atomic E-state index is 0.236. The van der Waals surface area contributed by atoms with Crippen LogP contribution in [0.25, 0.3) is 5.69 Å². The molecule has 1 unspecified atom stereocenters. The third-order valence-corrected chi connectivity index (χ3v) is 5.30. The Bertz CT molecular complexity index is 932. The van der Waals surface area contributed by atoms with Gasteiger partial charge in [0.1, 0.15) is 5.82 Å². The summed E-state index contributed by atoms with van der Waals surface area (Å²) in [5.74, 6) is 2.75. The number of benzene rings is 2. The molecule has 146 valence electrons. The van der Waals surface area contributed by atoms with E-state index in [1.807, 2.05) is 60.0 Å². The van der Waals surface area contributed by atoms with Gasteiger partial charge in [0.25, 0.3) is 0 Å². The predicted octanol–water partition coefficient (Wildman–Crippen LogP) is 2.97. The van der Waals surface area contributed by atoms with E-state index in [-0.39, 0.29) is 13.4 Å². The minimum Gasteiger partial charge on any atom is -0.454 e. The zero-order valence-electron chi connectivity index (χ0n) is 15.4. The molecule has 1 aromatic heterocycles. The Balaban J connectivity index is 1.28. The number of hydrogen-bond donors (Lipinski definition) is 1. The number of nitrogens with zero attached hydrogens (tertiary/aromatic N) is 3. The number of aromatic nitrogens is 3. The standard InChI is InChI=1S/C20H21N3O4S/c1-14-21-22-20(23(14)16-5-3-2-4-6-16)28-12-17(24)11-25-10-15-7-8-18-19(9-15)27-13-26-18/h2-9,17,24H,10-13H2,1H3. The summed E-state index contributed by atoms with van der Waals surface area (Å²) < 4.78 is 18.3. The normalized spacial score (nSPS) is 13.6. The van der Waals surface area contributed by atoms with E-state index in [1.54, 1.807) is 0 Å². The summed E-state index contributed by atoms with van der Waals surface area (Å²) in [4.78, 5) is 0. The van der Waals surface area contributed by atoms with Crippen molar-refractivity contribution in [3.05, 3.63) is 59.9 Å². The van der Waals surface area contributed by atoms with Crippen molar-refractivity contribution in [2.75, 3.05) is 19.2 Å². The van der Waals surface area contributed by atoms with Gasteiger partial charge < -0.3 is 19.3 Å². The van der Waals surface area contributed by atoms with E-state index in [0.29, 0.717) is 12.4 Å². The van der Waals surface area contributed by atoms with Gasteiger partial charge in [0, 0.05) is 11.4 Å². The average Bonchev–Trinajstić information content (AvgIpc) is 3.33. The van der Waals surface area contributed by atoms with Crippen molar-refractivity contribution in [2.45, 2.75) is 24.8 Å². The van der Waals surface area contributed by atoms with E-state index in [1.165, 1.54) is 11.8 Å². The molecule has 1 aliphatic rings. The first-order chi connectivity index (χ1) is 13.7. The number of thioether (sulfide) groups is 1. The lowest BCUT2D eigenvalue weighted by molar-refractivity contribution is 0.0397. The van der Waals surface area contributed by atoms with Gasteiger partial charge >= 0.3 is 0 Å². The Labute approximate surface area is 167 Å². The zero-order valence-corrected chi connectivity index (χ0v) is 16.3. The summed E-state index contributed by atoms with van der Waals surface area (Å²) >= 11 is 1.46. The molecule has 0 amide bonds. The number of para-hydroxylation sites is 1. The molecule has 0 spiro atoms. The van der Waals surface area contributed by atoms with Crippen molar-refractivity contribution in [3.8, 4) is 17.2 Å². The van der Waals surface area contributed by atoms with Gasteiger partial charge in [-0.2, -0.15) is 0 Å². The molecule has 3 aromatic rings. The maximum atomic E-state index is 10.3. The van der Waals surface area contributed by atoms with Crippen molar-refractivity contribution in [3.63, 3.8) is 0 Å². The lowest BCUT2D eigenvalue weighted by atomic mass is 10.2. The number of fused-ring (bicyclic) bond motifs is 1. The smallest absolute Gasteiger partial charge is 0.231 e. The van der Waals surface area contributed by atoms with Gasteiger partial charge in [0.2, 0.25) is 6.79 Å². The van der Waals surface area contributed by atoms with Crippen LogP contribution in [-0.4, -0.2) is 45.1 Å². The SMILES string of the molecule is Cc1nnc(SCC(O)COCc2ccc3c(c2)OCO3)n1-c1ccccc1. The Morgan fingerprint density at radius 3 is 2.82 bits per heavy atom. The highest BCUT2D eigenvalue weighted by Gasteiger charge is 2.15. The van der Waals surface area contributed by atoms with Crippen LogP contribution in [0, 0.1) is 6.92 Å². The number of ether oxygens (including phenoxy) is 3. The highest BCUT2D eigenvalue weighted by atomic mass is 32.2. The Morgan fingerprint density at radius 2 is 1.96 bits per heavy atom. The van der Waals surface area contributed by atoms with Gasteiger partial charge in [-0.25, -0.2) is 0 Å². The number of hydrogen-bond acceptors (Lipinski definition) is 7. The lowest BCUT2D eigenvalue weighted by Gasteiger charge is -2.12. The third-order valence-electron chi connectivity index (χ3n) is 4.23. The number of aliphatic hydroxyl groups is 1. The second-order valence-electron chi connectivity index (χ2n) is 6.37. The molecule has 2 heterocycles. The zero-order chi connectivity index (χ0) is 19.3. The van der Waals surface area contributed by atoms with Crippen LogP contribution in [0.4, 0.5) is 0 Å². The van der Waals surface area contributed by atoms with E-state index in [4.69, 9.17) is 14.2 Å². The summed E-state index contributed by atoms with van der Waals surface area (Å²) in [6.45, 7) is 2.80. The molecule has 0 aliphatic carbocycles. The first kappa shape index (κ1) is 18.8. The van der Waals surface area contributed by atoms with Crippen molar-refractivity contribution in [1.82, 2.24) is 14.8 Å². The summed E-state index contributed by atoms with van der Waals surface area (Å²) in [5, 5.41) is 19.4. The molecular formula is C20H21N3O4S. The molecule has 4 rings (SSSR count).